The SMILES string of the molecule is C#C[C@]1(CN2Cc3ccc(OC)cc3C2=O)NC(=O)N(COC(=O)C(C)(C)C)C1=O.C#C[C@]1(CN2Cc3ccc(OC)cc3C2=O)NC(=O)NC1=O.CC(C)(C)C(=O)OCCl.COc1ccc2c(c1)C(=O)N(C[C@@]1(c3cc4nc(N5C[C@@H](O)CC5=O)ccc4o3)NC(=O)N(COC(=O)C(C)(C)C)C1=O)C2.O=C1C[C@H](O)CN1c1ccc(O)c(Br)n1.[2H]CF.[H-].[Li+]. The van der Waals surface area contributed by atoms with Gasteiger partial charge >= 0.3 is 54.9 Å². The minimum atomic E-state index is -1.90. The van der Waals surface area contributed by atoms with Crippen molar-refractivity contribution in [1.82, 2.24) is 55.7 Å². The molecule has 123 heavy (non-hydrogen) atoms. The summed E-state index contributed by atoms with van der Waals surface area (Å²) >= 11 is 8.23. The Labute approximate surface area is 733 Å². The van der Waals surface area contributed by atoms with E-state index in [-0.39, 0.29) is 154 Å². The zero-order valence-corrected chi connectivity index (χ0v) is 71.7. The van der Waals surface area contributed by atoms with Gasteiger partial charge in [-0.3, -0.25) is 72.2 Å². The average Bonchev–Trinajstić information content (AvgIpc) is 1.57. The third kappa shape index (κ3) is 21.0. The molecule has 0 bridgehead atoms. The number of methoxy groups -OCH3 is 3. The number of alkyl halides is 2. The Morgan fingerprint density at radius 1 is 0.602 bits per heavy atom. The van der Waals surface area contributed by atoms with Crippen LogP contribution in [0.25, 0.3) is 11.1 Å². The van der Waals surface area contributed by atoms with E-state index in [1.807, 2.05) is 0 Å². The predicted octanol–water partition coefficient (Wildman–Crippen LogP) is 2.99. The van der Waals surface area contributed by atoms with E-state index in [4.69, 9.17) is 53.9 Å². The second-order valence-corrected chi connectivity index (χ2v) is 32.5. The fourth-order valence-electron chi connectivity index (χ4n) is 13.1. The molecular weight excluding hydrogens is 1690 g/mol. The molecule has 0 spiro atoms. The summed E-state index contributed by atoms with van der Waals surface area (Å²) in [5.41, 5.74) is -3.06. The summed E-state index contributed by atoms with van der Waals surface area (Å²) < 4.78 is 52.3. The van der Waals surface area contributed by atoms with Crippen LogP contribution in [0.3, 0.4) is 0 Å². The third-order valence-electron chi connectivity index (χ3n) is 19.7. The number of halogens is 3. The molecule has 0 radical (unpaired) electrons. The maximum Gasteiger partial charge on any atom is 1.00 e. The number of aromatic hydroxyl groups is 1. The van der Waals surface area contributed by atoms with Crippen LogP contribution in [0.5, 0.6) is 23.0 Å². The molecule has 5 fully saturated rings. The standard InChI is InChI=1S/C30H31N5O9.C21H23N3O6.C15H13N3O4.C9H9BrN2O3.C6H11ClO2.CH3F.Li.H/c1-29(2,3)27(40)43-15-35-26(39)30(32-28(35)41,14-33-12-16-5-6-18(42-4)10-19(16)25(33)38)22-11-20-21(44-22)7-8-23(31-20)34-13-17(36)9-24(34)37;1-6-21(11-23-10-13-7-8-14(29-5)9-15(13)16(23)25)17(26)24(19(28)22-21)12-30-18(27)20(2,3)4;1-3-15(13(20)16-14(21)17-15)8-18-7-9-4-5-10(22-2)6-11(9)12(18)19;10-9-6(14)1-2-7(11-9)12-4-5(13)3-8(12)15;1-6(2,3)5(8)9-4-7;1-2;;/h5-8,10-11,17,36H,9,12-15H2,1-4H3,(H,32,41);1,7-9H,10-12H2,2-5H3,(H,22,28);1,4-6H,7-8H2,2H3,(H2,16,17,20,21);1-2,5,13-14H,3-4H2;4H2,1-3H3;1H3;;/q;;;;;;+1;-1/t17-,30-;21-;15-;5-;;;;/m0110..../s1/i;;;;;1D;;. The molecule has 650 valence electrons. The molecule has 0 unspecified atom stereocenters. The van der Waals surface area contributed by atoms with Crippen molar-refractivity contribution in [3.8, 4) is 47.7 Å². The second kappa shape index (κ2) is 38.8. The summed E-state index contributed by atoms with van der Waals surface area (Å²) in [5, 5.41) is 38.1. The van der Waals surface area contributed by atoms with Crippen molar-refractivity contribution < 1.29 is 141 Å². The summed E-state index contributed by atoms with van der Waals surface area (Å²) in [6.07, 6.45) is 9.68. The number of amides is 14. The number of carbonyl (C=O) groups is 14. The fourth-order valence-corrected chi connectivity index (χ4v) is 13.5. The van der Waals surface area contributed by atoms with Crippen molar-refractivity contribution in [3.63, 3.8) is 0 Å². The topological polar surface area (TPSA) is 465 Å². The number of ether oxygens (including phenoxy) is 6. The Kier molecular flexibility index (Phi) is 29.8. The molecule has 0 saturated carbocycles. The van der Waals surface area contributed by atoms with E-state index >= 15 is 0 Å². The van der Waals surface area contributed by atoms with Crippen LogP contribution >= 0.6 is 27.5 Å². The number of rotatable bonds is 17. The van der Waals surface area contributed by atoms with Gasteiger partial charge in [0, 0.05) is 42.4 Å². The molecule has 3 aromatic carbocycles. The van der Waals surface area contributed by atoms with Crippen LogP contribution in [-0.2, 0) is 77.7 Å². The number of esters is 3. The smallest absolute Gasteiger partial charge is 1.00 e. The summed E-state index contributed by atoms with van der Waals surface area (Å²) in [7, 11) is 3.51. The largest absolute Gasteiger partial charge is 1.00 e. The molecule has 3 aromatic heterocycles. The minimum Gasteiger partial charge on any atom is -1.00 e. The summed E-state index contributed by atoms with van der Waals surface area (Å²) in [5.74, 6) is 1.95. The quantitative estimate of drug-likeness (QED) is 0.0131. The van der Waals surface area contributed by atoms with Gasteiger partial charge in [0.15, 0.2) is 36.2 Å². The molecule has 11 heterocycles. The number of aromatic nitrogens is 2. The summed E-state index contributed by atoms with van der Waals surface area (Å²) in [4.78, 5) is 191. The number of terminal acetylenes is 2. The molecule has 41 heteroatoms. The van der Waals surface area contributed by atoms with Crippen LogP contribution in [0.1, 0.15) is 131 Å². The van der Waals surface area contributed by atoms with Crippen LogP contribution in [0.15, 0.2) is 93.9 Å². The number of benzene rings is 3. The van der Waals surface area contributed by atoms with Crippen LogP contribution < -0.4 is 64.1 Å². The number of imide groups is 3. The van der Waals surface area contributed by atoms with Gasteiger partial charge in [-0.1, -0.05) is 41.6 Å². The van der Waals surface area contributed by atoms with Crippen molar-refractivity contribution in [2.45, 2.75) is 124 Å². The Bertz CT molecular complexity index is 5330. The van der Waals surface area contributed by atoms with Gasteiger partial charge in [0.2, 0.25) is 17.4 Å². The van der Waals surface area contributed by atoms with Gasteiger partial charge < -0.3 is 80.2 Å². The number of nitrogens with one attached hydrogen (secondary N) is 4. The van der Waals surface area contributed by atoms with Gasteiger partial charge in [-0.2, -0.15) is 0 Å². The normalized spacial score (nSPS) is 20.5. The molecular formula is C82H91BrClFLiN13O24. The van der Waals surface area contributed by atoms with E-state index in [0.717, 1.165) is 20.9 Å². The summed E-state index contributed by atoms with van der Waals surface area (Å²) in [6, 6.07) is 20.7. The molecule has 5 atom stereocenters. The second-order valence-electron chi connectivity index (χ2n) is 31.6. The number of aliphatic hydroxyl groups is 2. The van der Waals surface area contributed by atoms with Crippen molar-refractivity contribution >= 4 is 134 Å². The number of nitrogens with zero attached hydrogens (tertiary/aromatic N) is 9. The van der Waals surface area contributed by atoms with Crippen molar-refractivity contribution in [2.24, 2.45) is 16.2 Å². The predicted molar refractivity (Wildman–Crippen MR) is 434 cm³/mol. The molecule has 8 aliphatic heterocycles. The van der Waals surface area contributed by atoms with E-state index in [2.05, 4.69) is 63.7 Å². The first kappa shape index (κ1) is 94.5. The maximum atomic E-state index is 14.1. The first-order chi connectivity index (χ1) is 57.8. The third-order valence-corrected chi connectivity index (χ3v) is 20.4. The number of aliphatic hydroxyl groups excluding tert-OH is 2. The molecule has 5 saturated heterocycles. The number of hydrogen-bond donors (Lipinski definition) is 7. The number of hydrogen-bond acceptors (Lipinski definition) is 26. The van der Waals surface area contributed by atoms with Crippen LogP contribution in [0.4, 0.5) is 30.4 Å². The number of anilines is 2. The number of furan rings is 1. The minimum absolute atomic E-state index is 0. The number of pyridine rings is 2. The van der Waals surface area contributed by atoms with Gasteiger partial charge in [-0.05, 0) is 156 Å². The molecule has 14 amide bonds. The zero-order chi connectivity index (χ0) is 90.9. The molecule has 7 N–H and O–H groups in total. The van der Waals surface area contributed by atoms with Gasteiger partial charge in [0.25, 0.3) is 35.4 Å². The molecule has 0 aliphatic carbocycles. The van der Waals surface area contributed by atoms with E-state index in [0.29, 0.717) is 51.9 Å². The molecule has 6 aromatic rings. The monoisotopic (exact) mass is 1780 g/mol. The fraction of sp³-hybridized carbons (Fsp3) is 0.415. The maximum absolute atomic E-state index is 14.1. The Morgan fingerprint density at radius 3 is 1.39 bits per heavy atom. The van der Waals surface area contributed by atoms with E-state index < -0.39 is 113 Å². The molecule has 37 nitrogen and oxygen atoms in total. The average molecular weight is 1780 g/mol. The first-order valence-corrected chi connectivity index (χ1v) is 38.5. The van der Waals surface area contributed by atoms with Gasteiger partial charge in [-0.25, -0.2) is 34.2 Å². The number of fused-ring (bicyclic) bond motifs is 4. The van der Waals surface area contributed by atoms with Gasteiger partial charge in [-0.15, -0.1) is 12.8 Å². The van der Waals surface area contributed by atoms with Crippen LogP contribution in [0, 0.1) is 40.9 Å². The summed E-state index contributed by atoms with van der Waals surface area (Å²) in [6.45, 7) is 14.5. The number of carbonyl (C=O) groups excluding carboxylic acids is 14. The Morgan fingerprint density at radius 2 is 1.01 bits per heavy atom. The molecule has 8 aliphatic rings. The van der Waals surface area contributed by atoms with E-state index in [1.54, 1.807) is 129 Å². The van der Waals surface area contributed by atoms with E-state index in [1.165, 1.54) is 64.0 Å². The van der Waals surface area contributed by atoms with Gasteiger partial charge in [0.1, 0.15) is 50.5 Å². The van der Waals surface area contributed by atoms with E-state index in [9.17, 15) is 86.8 Å². The van der Waals surface area contributed by atoms with Crippen LogP contribution in [0.2, 0.25) is 0 Å². The van der Waals surface area contributed by atoms with Crippen molar-refractivity contribution in [2.75, 3.05) is 90.5 Å². The number of β-amino-alcohol motifs (C(OH)–C–C–N with tert-alkyl or cyclic N) is 2. The Hall–Kier alpha value is -12.4. The Balaban J connectivity index is 0.000000230. The van der Waals surface area contributed by atoms with Crippen molar-refractivity contribution in [3.05, 3.63) is 129 Å². The zero-order valence-electron chi connectivity index (χ0n) is 71.4. The van der Waals surface area contributed by atoms with Crippen molar-refractivity contribution in [1.29, 1.82) is 0 Å². The van der Waals surface area contributed by atoms with Crippen LogP contribution in [-0.4, -0.2) is 237 Å². The number of urea groups is 3. The molecule has 14 rings (SSSR count). The van der Waals surface area contributed by atoms with Gasteiger partial charge in [0.05, 0.1) is 104 Å². The first-order valence-electron chi connectivity index (χ1n) is 37.9.